The van der Waals surface area contributed by atoms with Crippen LogP contribution < -0.4 is 5.32 Å². The summed E-state index contributed by atoms with van der Waals surface area (Å²) in [5.41, 5.74) is 0. The maximum atomic E-state index is 5.75. The Morgan fingerprint density at radius 2 is 1.79 bits per heavy atom. The van der Waals surface area contributed by atoms with Crippen LogP contribution in [0.3, 0.4) is 0 Å². The van der Waals surface area contributed by atoms with E-state index >= 15 is 0 Å². The second kappa shape index (κ2) is 8.97. The Hall–Kier alpha value is -0.0800. The Labute approximate surface area is 119 Å². The summed E-state index contributed by atoms with van der Waals surface area (Å²) in [6, 6.07) is 0. The first kappa shape index (κ1) is 15.3. The predicted octanol–water partition coefficient (Wildman–Crippen LogP) is 4.14. The van der Waals surface area contributed by atoms with Gasteiger partial charge < -0.3 is 10.1 Å². The lowest BCUT2D eigenvalue weighted by Crippen LogP contribution is -2.27. The van der Waals surface area contributed by atoms with Gasteiger partial charge in [0, 0.05) is 6.61 Å². The normalized spacial score (nSPS) is 32.4. The van der Waals surface area contributed by atoms with Crippen molar-refractivity contribution in [3.63, 3.8) is 0 Å². The second-order valence-electron chi connectivity index (χ2n) is 6.53. The summed E-state index contributed by atoms with van der Waals surface area (Å²) in [7, 11) is 0. The molecule has 2 fully saturated rings. The van der Waals surface area contributed by atoms with Crippen molar-refractivity contribution in [2.75, 3.05) is 19.7 Å². The summed E-state index contributed by atoms with van der Waals surface area (Å²) in [6.45, 7) is 5.61. The van der Waals surface area contributed by atoms with E-state index in [4.69, 9.17) is 4.74 Å². The van der Waals surface area contributed by atoms with Gasteiger partial charge in [0.15, 0.2) is 0 Å². The minimum absolute atomic E-state index is 0.595. The molecule has 0 radical (unpaired) electrons. The molecule has 0 amide bonds. The Bertz CT molecular complexity index is 225. The first-order chi connectivity index (χ1) is 9.40. The zero-order chi connectivity index (χ0) is 13.3. The van der Waals surface area contributed by atoms with Gasteiger partial charge in [0.1, 0.15) is 0 Å². The summed E-state index contributed by atoms with van der Waals surface area (Å²) in [6.07, 6.45) is 14.6. The maximum absolute atomic E-state index is 5.75. The highest BCUT2D eigenvalue weighted by Crippen LogP contribution is 2.32. The van der Waals surface area contributed by atoms with E-state index in [9.17, 15) is 0 Å². The average Bonchev–Trinajstić information content (AvgIpc) is 2.84. The van der Waals surface area contributed by atoms with Crippen LogP contribution in [-0.4, -0.2) is 25.8 Å². The molecule has 0 aromatic rings. The van der Waals surface area contributed by atoms with Crippen LogP contribution >= 0.6 is 0 Å². The standard InChI is InChI=1S/C17H33NO/c1-2-18-14-16-9-5-3-4-8-15(16)10-6-11-17-12-7-13-19-17/h15-18H,2-14H2,1H3. The lowest BCUT2D eigenvalue weighted by atomic mass is 9.83. The molecule has 0 aromatic heterocycles. The molecule has 1 saturated carbocycles. The van der Waals surface area contributed by atoms with Gasteiger partial charge in [0.2, 0.25) is 0 Å². The number of hydrogen-bond acceptors (Lipinski definition) is 2. The van der Waals surface area contributed by atoms with Crippen LogP contribution in [0.5, 0.6) is 0 Å². The molecule has 3 atom stereocenters. The first-order valence-electron chi connectivity index (χ1n) is 8.72. The Balaban J connectivity index is 1.69. The zero-order valence-electron chi connectivity index (χ0n) is 12.8. The topological polar surface area (TPSA) is 21.3 Å². The Morgan fingerprint density at radius 3 is 2.53 bits per heavy atom. The number of hydrogen-bond donors (Lipinski definition) is 1. The van der Waals surface area contributed by atoms with E-state index in [-0.39, 0.29) is 0 Å². The van der Waals surface area contributed by atoms with Gasteiger partial charge in [-0.15, -0.1) is 0 Å². The molecule has 2 nitrogen and oxygen atoms in total. The summed E-state index contributed by atoms with van der Waals surface area (Å²) in [5, 5.41) is 3.58. The SMILES string of the molecule is CCNCC1CCCCCC1CCCC1CCCO1. The number of nitrogens with one attached hydrogen (secondary N) is 1. The first-order valence-corrected chi connectivity index (χ1v) is 8.72. The monoisotopic (exact) mass is 267 g/mol. The fourth-order valence-corrected chi connectivity index (χ4v) is 3.92. The maximum Gasteiger partial charge on any atom is 0.0576 e. The van der Waals surface area contributed by atoms with Crippen LogP contribution in [0.1, 0.15) is 71.1 Å². The highest BCUT2D eigenvalue weighted by Gasteiger charge is 2.23. The summed E-state index contributed by atoms with van der Waals surface area (Å²) >= 11 is 0. The van der Waals surface area contributed by atoms with Crippen molar-refractivity contribution in [3.8, 4) is 0 Å². The Kier molecular flexibility index (Phi) is 7.23. The van der Waals surface area contributed by atoms with Crippen molar-refractivity contribution in [2.24, 2.45) is 11.8 Å². The molecule has 1 aliphatic carbocycles. The molecule has 0 spiro atoms. The van der Waals surface area contributed by atoms with Crippen molar-refractivity contribution in [1.82, 2.24) is 5.32 Å². The van der Waals surface area contributed by atoms with E-state index in [1.165, 1.54) is 70.8 Å². The van der Waals surface area contributed by atoms with Crippen molar-refractivity contribution in [2.45, 2.75) is 77.2 Å². The minimum atomic E-state index is 0.595. The third kappa shape index (κ3) is 5.43. The molecule has 1 saturated heterocycles. The summed E-state index contributed by atoms with van der Waals surface area (Å²) in [5.74, 6) is 1.91. The molecule has 19 heavy (non-hydrogen) atoms. The van der Waals surface area contributed by atoms with Gasteiger partial charge >= 0.3 is 0 Å². The third-order valence-corrected chi connectivity index (χ3v) is 5.10. The van der Waals surface area contributed by atoms with Crippen molar-refractivity contribution >= 4 is 0 Å². The molecule has 2 rings (SSSR count). The smallest absolute Gasteiger partial charge is 0.0576 e. The van der Waals surface area contributed by atoms with Crippen LogP contribution in [0.15, 0.2) is 0 Å². The lowest BCUT2D eigenvalue weighted by Gasteiger charge is -2.26. The van der Waals surface area contributed by atoms with E-state index in [0.717, 1.165) is 25.0 Å². The molecule has 112 valence electrons. The number of ether oxygens (including phenoxy) is 1. The van der Waals surface area contributed by atoms with Gasteiger partial charge in [0.05, 0.1) is 6.10 Å². The molecule has 2 aliphatic rings. The highest BCUT2D eigenvalue weighted by molar-refractivity contribution is 4.76. The molecule has 1 heterocycles. The molecule has 1 aliphatic heterocycles. The van der Waals surface area contributed by atoms with E-state index in [2.05, 4.69) is 12.2 Å². The highest BCUT2D eigenvalue weighted by atomic mass is 16.5. The van der Waals surface area contributed by atoms with Gasteiger partial charge in [-0.3, -0.25) is 0 Å². The van der Waals surface area contributed by atoms with Gasteiger partial charge in [0.25, 0.3) is 0 Å². The largest absolute Gasteiger partial charge is 0.378 e. The fourth-order valence-electron chi connectivity index (χ4n) is 3.92. The average molecular weight is 267 g/mol. The lowest BCUT2D eigenvalue weighted by molar-refractivity contribution is 0.0992. The van der Waals surface area contributed by atoms with Crippen LogP contribution in [0.4, 0.5) is 0 Å². The van der Waals surface area contributed by atoms with E-state index in [0.29, 0.717) is 6.10 Å². The summed E-state index contributed by atoms with van der Waals surface area (Å²) in [4.78, 5) is 0. The van der Waals surface area contributed by atoms with Crippen LogP contribution in [0.25, 0.3) is 0 Å². The van der Waals surface area contributed by atoms with Crippen LogP contribution in [-0.2, 0) is 4.74 Å². The Morgan fingerprint density at radius 1 is 0.947 bits per heavy atom. The molecule has 3 unspecified atom stereocenters. The zero-order valence-corrected chi connectivity index (χ0v) is 12.8. The molecular weight excluding hydrogens is 234 g/mol. The van der Waals surface area contributed by atoms with Gasteiger partial charge in [-0.25, -0.2) is 0 Å². The van der Waals surface area contributed by atoms with E-state index < -0.39 is 0 Å². The fraction of sp³-hybridized carbons (Fsp3) is 1.00. The number of rotatable bonds is 7. The molecule has 1 N–H and O–H groups in total. The minimum Gasteiger partial charge on any atom is -0.378 e. The predicted molar refractivity (Wildman–Crippen MR) is 81.4 cm³/mol. The molecule has 0 bridgehead atoms. The molecular formula is C17H33NO. The third-order valence-electron chi connectivity index (χ3n) is 5.10. The van der Waals surface area contributed by atoms with Crippen LogP contribution in [0, 0.1) is 11.8 Å². The van der Waals surface area contributed by atoms with Crippen molar-refractivity contribution in [3.05, 3.63) is 0 Å². The van der Waals surface area contributed by atoms with Gasteiger partial charge in [-0.05, 0) is 50.6 Å². The summed E-state index contributed by atoms with van der Waals surface area (Å²) < 4.78 is 5.75. The van der Waals surface area contributed by atoms with Gasteiger partial charge in [-0.1, -0.05) is 45.4 Å². The van der Waals surface area contributed by atoms with Gasteiger partial charge in [-0.2, -0.15) is 0 Å². The van der Waals surface area contributed by atoms with Crippen LogP contribution in [0.2, 0.25) is 0 Å². The van der Waals surface area contributed by atoms with E-state index in [1.807, 2.05) is 0 Å². The van der Waals surface area contributed by atoms with Crippen molar-refractivity contribution < 1.29 is 4.74 Å². The molecule has 0 aromatic carbocycles. The second-order valence-corrected chi connectivity index (χ2v) is 6.53. The van der Waals surface area contributed by atoms with E-state index in [1.54, 1.807) is 0 Å². The van der Waals surface area contributed by atoms with Crippen molar-refractivity contribution in [1.29, 1.82) is 0 Å². The quantitative estimate of drug-likeness (QED) is 0.700. The molecule has 2 heteroatoms.